The Morgan fingerprint density at radius 3 is 2.56 bits per heavy atom. The molecule has 0 unspecified atom stereocenters. The Balaban J connectivity index is 1.64. The van der Waals surface area contributed by atoms with Crippen molar-refractivity contribution in [3.8, 4) is 5.75 Å². The number of hydrogen-bond donors (Lipinski definition) is 1. The molecule has 1 aliphatic heterocycles. The summed E-state index contributed by atoms with van der Waals surface area (Å²) >= 11 is 0. The van der Waals surface area contributed by atoms with Crippen LogP contribution in [-0.2, 0) is 17.8 Å². The summed E-state index contributed by atoms with van der Waals surface area (Å²) in [6, 6.07) is 13.2. The zero-order valence-corrected chi connectivity index (χ0v) is 13.9. The van der Waals surface area contributed by atoms with Crippen LogP contribution >= 0.6 is 0 Å². The number of nitrogens with one attached hydrogen (secondary N) is 1. The molecule has 2 aromatic carbocycles. The number of benzene rings is 2. The van der Waals surface area contributed by atoms with Gasteiger partial charge in [0.2, 0.25) is 0 Å². The number of carbonyl (C=O) groups excluding carboxylic acids is 2. The average molecular weight is 342 g/mol. The van der Waals surface area contributed by atoms with Gasteiger partial charge < -0.3 is 10.1 Å². The highest BCUT2D eigenvalue weighted by Gasteiger charge is 2.37. The minimum atomic E-state index is -0.546. The predicted octanol–water partition coefficient (Wildman–Crippen LogP) is 2.89. The van der Waals surface area contributed by atoms with E-state index >= 15 is 0 Å². The Morgan fingerprint density at radius 1 is 1.12 bits per heavy atom. The van der Waals surface area contributed by atoms with E-state index in [2.05, 4.69) is 5.32 Å². The fourth-order valence-electron chi connectivity index (χ4n) is 2.87. The van der Waals surface area contributed by atoms with Crippen molar-refractivity contribution in [1.29, 1.82) is 0 Å². The highest BCUT2D eigenvalue weighted by molar-refractivity contribution is 6.04. The number of carbonyl (C=O) groups is 2. The Labute approximate surface area is 145 Å². The first-order valence-electron chi connectivity index (χ1n) is 8.06. The molecule has 6 heteroatoms. The third-order valence-electron chi connectivity index (χ3n) is 4.23. The summed E-state index contributed by atoms with van der Waals surface area (Å²) in [5, 5.41) is 2.70. The maximum Gasteiger partial charge on any atom is 0.325 e. The molecule has 1 saturated heterocycles. The summed E-state index contributed by atoms with van der Waals surface area (Å²) in [5.74, 6) is -0.675. The zero-order chi connectivity index (χ0) is 17.8. The van der Waals surface area contributed by atoms with Gasteiger partial charge in [0.15, 0.2) is 11.6 Å². The maximum absolute atomic E-state index is 13.8. The molecule has 2 aromatic rings. The molecule has 1 heterocycles. The van der Waals surface area contributed by atoms with E-state index in [1.807, 2.05) is 30.3 Å². The molecule has 0 aromatic heterocycles. The van der Waals surface area contributed by atoms with Gasteiger partial charge in [0.25, 0.3) is 5.91 Å². The summed E-state index contributed by atoms with van der Waals surface area (Å²) in [5.41, 5.74) is 1.64. The molecule has 0 radical (unpaired) electrons. The molecule has 5 nitrogen and oxygen atoms in total. The van der Waals surface area contributed by atoms with Crippen LogP contribution in [0.4, 0.5) is 9.18 Å². The zero-order valence-electron chi connectivity index (χ0n) is 13.9. The van der Waals surface area contributed by atoms with Crippen molar-refractivity contribution in [1.82, 2.24) is 10.2 Å². The molecule has 25 heavy (non-hydrogen) atoms. The first-order chi connectivity index (χ1) is 12.1. The lowest BCUT2D eigenvalue weighted by Crippen LogP contribution is -2.31. The van der Waals surface area contributed by atoms with Crippen molar-refractivity contribution in [2.75, 3.05) is 7.11 Å². The van der Waals surface area contributed by atoms with E-state index in [0.717, 1.165) is 10.5 Å². The quantitative estimate of drug-likeness (QED) is 0.821. The molecule has 0 bridgehead atoms. The van der Waals surface area contributed by atoms with Crippen molar-refractivity contribution in [3.05, 3.63) is 65.5 Å². The van der Waals surface area contributed by atoms with E-state index in [0.29, 0.717) is 18.4 Å². The Morgan fingerprint density at radius 2 is 1.88 bits per heavy atom. The lowest BCUT2D eigenvalue weighted by Gasteiger charge is -2.14. The van der Waals surface area contributed by atoms with Crippen LogP contribution in [0.25, 0.3) is 0 Å². The van der Waals surface area contributed by atoms with Crippen molar-refractivity contribution in [2.24, 2.45) is 0 Å². The highest BCUT2D eigenvalue weighted by Crippen LogP contribution is 2.21. The molecule has 0 spiro atoms. The lowest BCUT2D eigenvalue weighted by molar-refractivity contribution is -0.128. The normalized spacial score (nSPS) is 16.9. The van der Waals surface area contributed by atoms with Gasteiger partial charge in [-0.1, -0.05) is 36.4 Å². The smallest absolute Gasteiger partial charge is 0.325 e. The molecule has 0 aliphatic carbocycles. The number of urea groups is 1. The van der Waals surface area contributed by atoms with Gasteiger partial charge >= 0.3 is 6.03 Å². The van der Waals surface area contributed by atoms with Crippen molar-refractivity contribution >= 4 is 11.9 Å². The first-order valence-corrected chi connectivity index (χ1v) is 8.06. The third-order valence-corrected chi connectivity index (χ3v) is 4.23. The van der Waals surface area contributed by atoms with Gasteiger partial charge in [0, 0.05) is 0 Å². The van der Waals surface area contributed by atoms with E-state index < -0.39 is 17.9 Å². The molecular weight excluding hydrogens is 323 g/mol. The standard InChI is InChI=1S/C19H19FN2O3/c1-25-17-10-8-14(11-15(17)20)12-22-18(23)16(21-19(22)24)9-7-13-5-3-2-4-6-13/h2-6,8,10-11,16H,7,9,12H2,1H3,(H,21,24)/t16-/m1/s1. The minimum absolute atomic E-state index is 0.0351. The molecule has 3 amide bonds. The molecule has 0 saturated carbocycles. The summed E-state index contributed by atoms with van der Waals surface area (Å²) in [6.07, 6.45) is 1.23. The fraction of sp³-hybridized carbons (Fsp3) is 0.263. The number of halogens is 1. The van der Waals surface area contributed by atoms with Gasteiger partial charge in [-0.2, -0.15) is 0 Å². The monoisotopic (exact) mass is 342 g/mol. The SMILES string of the molecule is COc1ccc(CN2C(=O)N[C@H](CCc3ccccc3)C2=O)cc1F. The third kappa shape index (κ3) is 3.79. The van der Waals surface area contributed by atoms with E-state index in [1.54, 1.807) is 6.07 Å². The van der Waals surface area contributed by atoms with E-state index in [1.165, 1.54) is 19.2 Å². The number of methoxy groups -OCH3 is 1. The number of hydrogen-bond acceptors (Lipinski definition) is 3. The van der Waals surface area contributed by atoms with Crippen LogP contribution in [0, 0.1) is 5.82 Å². The summed E-state index contributed by atoms with van der Waals surface area (Å²) in [6.45, 7) is 0.0351. The molecule has 3 rings (SSSR count). The first kappa shape index (κ1) is 17.0. The number of imide groups is 1. The molecule has 1 N–H and O–H groups in total. The van der Waals surface area contributed by atoms with Gasteiger partial charge in [-0.15, -0.1) is 0 Å². The Kier molecular flexibility index (Phi) is 4.97. The van der Waals surface area contributed by atoms with Crippen LogP contribution in [0.1, 0.15) is 17.5 Å². The second kappa shape index (κ2) is 7.34. The van der Waals surface area contributed by atoms with Crippen LogP contribution < -0.4 is 10.1 Å². The topological polar surface area (TPSA) is 58.6 Å². The van der Waals surface area contributed by atoms with Crippen LogP contribution in [0.15, 0.2) is 48.5 Å². The van der Waals surface area contributed by atoms with Gasteiger partial charge in [-0.3, -0.25) is 9.69 Å². The van der Waals surface area contributed by atoms with Gasteiger partial charge in [0.05, 0.1) is 13.7 Å². The van der Waals surface area contributed by atoms with Crippen LogP contribution in [0.3, 0.4) is 0 Å². The van der Waals surface area contributed by atoms with Gasteiger partial charge in [-0.05, 0) is 36.1 Å². The number of aryl methyl sites for hydroxylation is 1. The van der Waals surface area contributed by atoms with Crippen molar-refractivity contribution < 1.29 is 18.7 Å². The molecule has 1 atom stereocenters. The van der Waals surface area contributed by atoms with Crippen LogP contribution in [0.5, 0.6) is 5.75 Å². The number of rotatable bonds is 6. The molecular formula is C19H19FN2O3. The van der Waals surface area contributed by atoms with Gasteiger partial charge in [-0.25, -0.2) is 9.18 Å². The second-order valence-corrected chi connectivity index (χ2v) is 5.92. The molecule has 1 fully saturated rings. The fourth-order valence-corrected chi connectivity index (χ4v) is 2.87. The Bertz CT molecular complexity index is 779. The summed E-state index contributed by atoms with van der Waals surface area (Å²) in [4.78, 5) is 25.7. The van der Waals surface area contributed by atoms with Crippen molar-refractivity contribution in [3.63, 3.8) is 0 Å². The van der Waals surface area contributed by atoms with Crippen LogP contribution in [0.2, 0.25) is 0 Å². The predicted molar refractivity (Wildman–Crippen MR) is 90.6 cm³/mol. The number of ether oxygens (including phenoxy) is 1. The maximum atomic E-state index is 13.8. The minimum Gasteiger partial charge on any atom is -0.494 e. The number of nitrogens with zero attached hydrogens (tertiary/aromatic N) is 1. The van der Waals surface area contributed by atoms with Crippen LogP contribution in [-0.4, -0.2) is 30.0 Å². The summed E-state index contributed by atoms with van der Waals surface area (Å²) in [7, 11) is 1.38. The van der Waals surface area contributed by atoms with E-state index in [9.17, 15) is 14.0 Å². The Hall–Kier alpha value is -2.89. The lowest BCUT2D eigenvalue weighted by atomic mass is 10.1. The largest absolute Gasteiger partial charge is 0.494 e. The highest BCUT2D eigenvalue weighted by atomic mass is 19.1. The van der Waals surface area contributed by atoms with Gasteiger partial charge in [0.1, 0.15) is 6.04 Å². The number of amides is 3. The molecule has 130 valence electrons. The summed E-state index contributed by atoms with van der Waals surface area (Å²) < 4.78 is 18.6. The van der Waals surface area contributed by atoms with E-state index in [-0.39, 0.29) is 18.2 Å². The molecule has 1 aliphatic rings. The second-order valence-electron chi connectivity index (χ2n) is 5.92. The van der Waals surface area contributed by atoms with Crippen molar-refractivity contribution in [2.45, 2.75) is 25.4 Å². The van der Waals surface area contributed by atoms with E-state index in [4.69, 9.17) is 4.74 Å². The average Bonchev–Trinajstić information content (AvgIpc) is 2.88.